The minimum Gasteiger partial charge on any atom is -0.744 e. The van der Waals surface area contributed by atoms with E-state index in [4.69, 9.17) is 5.73 Å². The first-order valence-electron chi connectivity index (χ1n) is 10.8. The molecular formula is C23H18N2Na2O11S3. The Balaban J connectivity index is 0.00000294. The van der Waals surface area contributed by atoms with Gasteiger partial charge in [-0.3, -0.25) is 13.8 Å². The zero-order valence-electron chi connectivity index (χ0n) is 21.6. The number of fused-ring (bicyclic) bond motifs is 2. The number of sulfone groups is 1. The molecular weight excluding hydrogens is 622 g/mol. The summed E-state index contributed by atoms with van der Waals surface area (Å²) in [6, 6.07) is 12.3. The van der Waals surface area contributed by atoms with Crippen LogP contribution in [-0.2, 0) is 40.3 Å². The van der Waals surface area contributed by atoms with Crippen molar-refractivity contribution in [1.82, 2.24) is 0 Å². The summed E-state index contributed by atoms with van der Waals surface area (Å²) in [7, 11) is -14.2. The van der Waals surface area contributed by atoms with Gasteiger partial charge in [-0.15, -0.1) is 0 Å². The van der Waals surface area contributed by atoms with Gasteiger partial charge in [0.1, 0.15) is 10.1 Å². The molecule has 0 saturated heterocycles. The number of ketones is 2. The standard InChI is InChI=1S/C23H20N2O11S3.2Na/c24-21-18(38(30,31)32)11-17(19-20(21)23(27)16-7-2-1-6-15(16)22(19)26)25-14-5-3-4-13(10-14)12-37(28,29)9-8-36-39(33,34)35;;/h1-7,10-11,25H,8-9,12,24H2,(H,30,31,32)(H,33,34,35);;/q;2*+1/p-2. The number of benzene rings is 3. The second-order valence-electron chi connectivity index (χ2n) is 8.39. The van der Waals surface area contributed by atoms with Gasteiger partial charge in [0.2, 0.25) is 10.4 Å². The van der Waals surface area contributed by atoms with Crippen molar-refractivity contribution in [3.63, 3.8) is 0 Å². The van der Waals surface area contributed by atoms with Gasteiger partial charge in [-0.25, -0.2) is 25.3 Å². The normalized spacial score (nSPS) is 12.9. The van der Waals surface area contributed by atoms with Gasteiger partial charge in [-0.05, 0) is 23.8 Å². The molecule has 3 aromatic carbocycles. The minimum absolute atomic E-state index is 0. The molecule has 1 aliphatic rings. The number of carbonyl (C=O) groups excluding carboxylic acids is 2. The van der Waals surface area contributed by atoms with Gasteiger partial charge >= 0.3 is 59.1 Å². The molecule has 3 aromatic rings. The maximum atomic E-state index is 13.4. The van der Waals surface area contributed by atoms with E-state index < -0.39 is 76.2 Å². The van der Waals surface area contributed by atoms with E-state index in [-0.39, 0.29) is 92.7 Å². The van der Waals surface area contributed by atoms with E-state index in [1.54, 1.807) is 0 Å². The number of rotatable bonds is 9. The molecule has 0 fully saturated rings. The topological polar surface area (TPSA) is 230 Å². The van der Waals surface area contributed by atoms with Crippen LogP contribution in [0, 0.1) is 0 Å². The number of nitrogen functional groups attached to an aromatic ring is 1. The van der Waals surface area contributed by atoms with Crippen molar-refractivity contribution in [2.45, 2.75) is 10.6 Å². The van der Waals surface area contributed by atoms with E-state index in [1.165, 1.54) is 48.5 Å². The van der Waals surface area contributed by atoms with Crippen LogP contribution in [0.2, 0.25) is 0 Å². The molecule has 0 saturated carbocycles. The van der Waals surface area contributed by atoms with Crippen LogP contribution in [0.4, 0.5) is 17.1 Å². The molecule has 0 unspecified atom stereocenters. The third-order valence-electron chi connectivity index (χ3n) is 5.68. The Morgan fingerprint density at radius 1 is 0.805 bits per heavy atom. The number of nitrogens with one attached hydrogen (secondary N) is 1. The van der Waals surface area contributed by atoms with Gasteiger partial charge in [0.25, 0.3) is 0 Å². The van der Waals surface area contributed by atoms with E-state index in [2.05, 4.69) is 9.50 Å². The number of hydrogen-bond acceptors (Lipinski definition) is 13. The molecule has 0 bridgehead atoms. The summed E-state index contributed by atoms with van der Waals surface area (Å²) < 4.78 is 96.0. The van der Waals surface area contributed by atoms with Crippen LogP contribution in [0.25, 0.3) is 0 Å². The number of hydrogen-bond donors (Lipinski definition) is 2. The van der Waals surface area contributed by atoms with Gasteiger partial charge in [-0.2, -0.15) is 0 Å². The summed E-state index contributed by atoms with van der Waals surface area (Å²) in [5, 5.41) is 2.77. The van der Waals surface area contributed by atoms with Crippen molar-refractivity contribution >= 4 is 59.0 Å². The maximum Gasteiger partial charge on any atom is 1.00 e. The largest absolute Gasteiger partial charge is 1.00 e. The summed E-state index contributed by atoms with van der Waals surface area (Å²) in [5.74, 6) is -2.77. The van der Waals surface area contributed by atoms with Crippen LogP contribution in [0.5, 0.6) is 0 Å². The van der Waals surface area contributed by atoms with E-state index in [0.717, 1.165) is 6.07 Å². The Labute approximate surface area is 280 Å². The van der Waals surface area contributed by atoms with Gasteiger partial charge < -0.3 is 20.2 Å². The first-order valence-corrected chi connectivity index (χ1v) is 15.4. The Morgan fingerprint density at radius 2 is 1.39 bits per heavy atom. The van der Waals surface area contributed by atoms with Crippen molar-refractivity contribution in [3.8, 4) is 0 Å². The van der Waals surface area contributed by atoms with Gasteiger partial charge in [0, 0.05) is 16.8 Å². The molecule has 13 nitrogen and oxygen atoms in total. The molecule has 0 heterocycles. The maximum absolute atomic E-state index is 13.4. The number of carbonyl (C=O) groups is 2. The number of anilines is 3. The van der Waals surface area contributed by atoms with E-state index in [1.807, 2.05) is 0 Å². The average molecular weight is 641 g/mol. The molecule has 0 aliphatic heterocycles. The second kappa shape index (κ2) is 13.3. The molecule has 206 valence electrons. The third kappa shape index (κ3) is 8.25. The summed E-state index contributed by atoms with van der Waals surface area (Å²) in [5.41, 5.74) is 4.66. The quantitative estimate of drug-likeness (QED) is 0.0757. The molecule has 0 amide bonds. The molecule has 0 radical (unpaired) electrons. The van der Waals surface area contributed by atoms with Crippen molar-refractivity contribution < 1.29 is 107 Å². The predicted molar refractivity (Wildman–Crippen MR) is 135 cm³/mol. The molecule has 0 atom stereocenters. The van der Waals surface area contributed by atoms with Crippen LogP contribution in [0.15, 0.2) is 59.5 Å². The smallest absolute Gasteiger partial charge is 0.744 e. The van der Waals surface area contributed by atoms with Crippen LogP contribution in [0.3, 0.4) is 0 Å². The van der Waals surface area contributed by atoms with Crippen molar-refractivity contribution in [3.05, 3.63) is 82.4 Å². The fraction of sp³-hybridized carbons (Fsp3) is 0.130. The first-order chi connectivity index (χ1) is 18.1. The Kier molecular flexibility index (Phi) is 11.5. The predicted octanol–water partition coefficient (Wildman–Crippen LogP) is -4.91. The molecule has 4 rings (SSSR count). The van der Waals surface area contributed by atoms with Crippen LogP contribution in [0.1, 0.15) is 37.4 Å². The third-order valence-corrected chi connectivity index (χ3v) is 8.58. The average Bonchev–Trinajstić information content (AvgIpc) is 2.81. The van der Waals surface area contributed by atoms with E-state index in [0.29, 0.717) is 0 Å². The SMILES string of the molecule is Nc1c(S(=O)(=O)[O-])cc(Nc2cccc(CS(=O)(=O)CCOS(=O)(=O)[O-])c2)c2c1C(=O)c1ccccc1C2=O.[Na+].[Na+]. The van der Waals surface area contributed by atoms with Gasteiger partial charge in [0.05, 0.1) is 45.5 Å². The van der Waals surface area contributed by atoms with Crippen LogP contribution >= 0.6 is 0 Å². The summed E-state index contributed by atoms with van der Waals surface area (Å²) in [6.45, 7) is -0.867. The second-order valence-corrected chi connectivity index (χ2v) is 13.0. The molecule has 18 heteroatoms. The fourth-order valence-electron chi connectivity index (χ4n) is 4.08. The van der Waals surface area contributed by atoms with E-state index >= 15 is 0 Å². The van der Waals surface area contributed by atoms with Crippen molar-refractivity contribution in [2.75, 3.05) is 23.4 Å². The summed E-state index contributed by atoms with van der Waals surface area (Å²) >= 11 is 0. The van der Waals surface area contributed by atoms with Crippen LogP contribution in [-0.4, -0.2) is 58.3 Å². The monoisotopic (exact) mass is 640 g/mol. The summed E-state index contributed by atoms with van der Waals surface area (Å²) in [6.07, 6.45) is 0. The minimum atomic E-state index is -5.19. The number of nitrogens with two attached hydrogens (primary N) is 1. The zero-order chi connectivity index (χ0) is 28.8. The van der Waals surface area contributed by atoms with Crippen molar-refractivity contribution in [2.24, 2.45) is 0 Å². The Bertz CT molecular complexity index is 1860. The first kappa shape index (κ1) is 35.5. The van der Waals surface area contributed by atoms with Gasteiger partial charge in [0.15, 0.2) is 21.4 Å². The zero-order valence-corrected chi connectivity index (χ0v) is 28.1. The molecule has 41 heavy (non-hydrogen) atoms. The molecule has 0 spiro atoms. The molecule has 1 aliphatic carbocycles. The van der Waals surface area contributed by atoms with Gasteiger partial charge in [-0.1, -0.05) is 36.4 Å². The Hall–Kier alpha value is -1.67. The molecule has 0 aromatic heterocycles. The summed E-state index contributed by atoms with van der Waals surface area (Å²) in [4.78, 5) is 25.7. The van der Waals surface area contributed by atoms with Crippen LogP contribution < -0.4 is 70.2 Å². The Morgan fingerprint density at radius 3 is 1.95 bits per heavy atom. The molecule has 3 N–H and O–H groups in total. The van der Waals surface area contributed by atoms with E-state index in [9.17, 15) is 43.9 Å². The van der Waals surface area contributed by atoms with Crippen molar-refractivity contribution in [1.29, 1.82) is 0 Å². The fourth-order valence-corrected chi connectivity index (χ4v) is 6.28.